The molecule has 0 saturated heterocycles. The molecule has 17 heavy (non-hydrogen) atoms. The van der Waals surface area contributed by atoms with E-state index in [-0.39, 0.29) is 6.10 Å². The van der Waals surface area contributed by atoms with E-state index in [4.69, 9.17) is 9.84 Å². The van der Waals surface area contributed by atoms with Crippen molar-refractivity contribution in [3.05, 3.63) is 34.9 Å². The number of aliphatic carboxylic acids is 1. The predicted octanol–water partition coefficient (Wildman–Crippen LogP) is 2.72. The SMILES string of the molecule is Cc1cccc(C[C@H](OC(C)C)C(=O)O)c1C. The summed E-state index contributed by atoms with van der Waals surface area (Å²) >= 11 is 0. The fraction of sp³-hybridized carbons (Fsp3) is 0.500. The van der Waals surface area contributed by atoms with Crippen LogP contribution in [-0.2, 0) is 16.0 Å². The minimum absolute atomic E-state index is 0.0822. The van der Waals surface area contributed by atoms with E-state index in [9.17, 15) is 4.79 Å². The van der Waals surface area contributed by atoms with E-state index in [1.54, 1.807) is 0 Å². The first-order valence-electron chi connectivity index (χ1n) is 5.85. The average molecular weight is 236 g/mol. The molecule has 1 rings (SSSR count). The molecule has 0 radical (unpaired) electrons. The van der Waals surface area contributed by atoms with Crippen LogP contribution in [0.5, 0.6) is 0 Å². The van der Waals surface area contributed by atoms with Crippen molar-refractivity contribution in [2.45, 2.75) is 46.3 Å². The summed E-state index contributed by atoms with van der Waals surface area (Å²) in [6.07, 6.45) is -0.433. The summed E-state index contributed by atoms with van der Waals surface area (Å²) in [5, 5.41) is 9.12. The van der Waals surface area contributed by atoms with Gasteiger partial charge in [-0.25, -0.2) is 4.79 Å². The predicted molar refractivity (Wildman–Crippen MR) is 67.3 cm³/mol. The Balaban J connectivity index is 2.86. The van der Waals surface area contributed by atoms with Gasteiger partial charge in [-0.3, -0.25) is 0 Å². The Morgan fingerprint density at radius 2 is 2.00 bits per heavy atom. The Kier molecular flexibility index (Phi) is 4.70. The van der Waals surface area contributed by atoms with Crippen LogP contribution < -0.4 is 0 Å². The second-order valence-electron chi connectivity index (χ2n) is 4.57. The second kappa shape index (κ2) is 5.82. The van der Waals surface area contributed by atoms with E-state index in [0.717, 1.165) is 11.1 Å². The van der Waals surface area contributed by atoms with E-state index in [1.807, 2.05) is 45.9 Å². The Morgan fingerprint density at radius 1 is 1.35 bits per heavy atom. The molecular weight excluding hydrogens is 216 g/mol. The molecule has 0 aliphatic carbocycles. The number of hydrogen-bond acceptors (Lipinski definition) is 2. The molecule has 3 nitrogen and oxygen atoms in total. The number of rotatable bonds is 5. The van der Waals surface area contributed by atoms with Crippen LogP contribution >= 0.6 is 0 Å². The molecule has 0 aliphatic heterocycles. The topological polar surface area (TPSA) is 46.5 Å². The lowest BCUT2D eigenvalue weighted by atomic mass is 9.98. The standard InChI is InChI=1S/C14H20O3/c1-9(2)17-13(14(15)16)8-12-7-5-6-10(3)11(12)4/h5-7,9,13H,8H2,1-4H3,(H,15,16)/t13-/m0/s1. The van der Waals surface area contributed by atoms with Crippen LogP contribution in [0.4, 0.5) is 0 Å². The van der Waals surface area contributed by atoms with Gasteiger partial charge >= 0.3 is 5.97 Å². The van der Waals surface area contributed by atoms with Gasteiger partial charge in [0.15, 0.2) is 6.10 Å². The van der Waals surface area contributed by atoms with E-state index in [0.29, 0.717) is 6.42 Å². The first kappa shape index (κ1) is 13.7. The molecule has 0 bridgehead atoms. The molecule has 0 fully saturated rings. The first-order chi connectivity index (χ1) is 7.91. The lowest BCUT2D eigenvalue weighted by Gasteiger charge is -2.18. The summed E-state index contributed by atoms with van der Waals surface area (Å²) in [6, 6.07) is 5.94. The number of hydrogen-bond donors (Lipinski definition) is 1. The fourth-order valence-corrected chi connectivity index (χ4v) is 1.75. The van der Waals surface area contributed by atoms with Crippen molar-refractivity contribution >= 4 is 5.97 Å². The molecule has 0 aliphatic rings. The highest BCUT2D eigenvalue weighted by atomic mass is 16.5. The highest BCUT2D eigenvalue weighted by Gasteiger charge is 2.20. The Labute approximate surface area is 102 Å². The third-order valence-electron chi connectivity index (χ3n) is 2.83. The number of benzene rings is 1. The fourth-order valence-electron chi connectivity index (χ4n) is 1.75. The maximum atomic E-state index is 11.1. The van der Waals surface area contributed by atoms with E-state index in [2.05, 4.69) is 0 Å². The van der Waals surface area contributed by atoms with Crippen LogP contribution in [0.15, 0.2) is 18.2 Å². The Bertz CT molecular complexity index is 396. The molecule has 0 heterocycles. The quantitative estimate of drug-likeness (QED) is 0.855. The maximum absolute atomic E-state index is 11.1. The highest BCUT2D eigenvalue weighted by molar-refractivity contribution is 5.72. The highest BCUT2D eigenvalue weighted by Crippen LogP contribution is 2.16. The number of carbonyl (C=O) groups is 1. The van der Waals surface area contributed by atoms with Crippen LogP contribution in [0, 0.1) is 13.8 Å². The molecule has 1 aromatic rings. The summed E-state index contributed by atoms with van der Waals surface area (Å²) in [7, 11) is 0. The summed E-state index contributed by atoms with van der Waals surface area (Å²) in [5.41, 5.74) is 3.36. The Morgan fingerprint density at radius 3 is 2.53 bits per heavy atom. The molecule has 0 aromatic heterocycles. The minimum Gasteiger partial charge on any atom is -0.479 e. The first-order valence-corrected chi connectivity index (χ1v) is 5.85. The molecule has 1 N–H and O–H groups in total. The molecule has 1 aromatic carbocycles. The summed E-state index contributed by atoms with van der Waals surface area (Å²) in [5.74, 6) is -0.903. The summed E-state index contributed by atoms with van der Waals surface area (Å²) in [6.45, 7) is 7.73. The normalized spacial score (nSPS) is 12.8. The van der Waals surface area contributed by atoms with Gasteiger partial charge in [0.2, 0.25) is 0 Å². The lowest BCUT2D eigenvalue weighted by molar-refractivity contribution is -0.153. The van der Waals surface area contributed by atoms with Crippen LogP contribution in [0.1, 0.15) is 30.5 Å². The van der Waals surface area contributed by atoms with Gasteiger partial charge in [0.05, 0.1) is 6.10 Å². The Hall–Kier alpha value is -1.35. The van der Waals surface area contributed by atoms with Crippen LogP contribution in [0.2, 0.25) is 0 Å². The van der Waals surface area contributed by atoms with E-state index >= 15 is 0 Å². The van der Waals surface area contributed by atoms with Crippen molar-refractivity contribution in [2.24, 2.45) is 0 Å². The lowest BCUT2D eigenvalue weighted by Crippen LogP contribution is -2.29. The minimum atomic E-state index is -0.903. The smallest absolute Gasteiger partial charge is 0.333 e. The monoisotopic (exact) mass is 236 g/mol. The zero-order chi connectivity index (χ0) is 13.0. The number of ether oxygens (including phenoxy) is 1. The van der Waals surface area contributed by atoms with Gasteiger partial charge in [0.1, 0.15) is 0 Å². The summed E-state index contributed by atoms with van der Waals surface area (Å²) in [4.78, 5) is 11.1. The molecule has 94 valence electrons. The number of carboxylic acid groups (broad SMARTS) is 1. The zero-order valence-electron chi connectivity index (χ0n) is 10.9. The van der Waals surface area contributed by atoms with Crippen molar-refractivity contribution in [3.8, 4) is 0 Å². The van der Waals surface area contributed by atoms with Crippen LogP contribution in [-0.4, -0.2) is 23.3 Å². The largest absolute Gasteiger partial charge is 0.479 e. The molecule has 3 heteroatoms. The third-order valence-corrected chi connectivity index (χ3v) is 2.83. The van der Waals surface area contributed by atoms with Gasteiger partial charge in [-0.2, -0.15) is 0 Å². The van der Waals surface area contributed by atoms with E-state index < -0.39 is 12.1 Å². The van der Waals surface area contributed by atoms with Crippen molar-refractivity contribution < 1.29 is 14.6 Å². The zero-order valence-corrected chi connectivity index (χ0v) is 10.9. The molecular formula is C14H20O3. The van der Waals surface area contributed by atoms with Crippen LogP contribution in [0.3, 0.4) is 0 Å². The molecule has 0 unspecified atom stereocenters. The molecule has 1 atom stereocenters. The van der Waals surface area contributed by atoms with Crippen molar-refractivity contribution in [2.75, 3.05) is 0 Å². The van der Waals surface area contributed by atoms with Crippen molar-refractivity contribution in [3.63, 3.8) is 0 Å². The van der Waals surface area contributed by atoms with Gasteiger partial charge in [0.25, 0.3) is 0 Å². The van der Waals surface area contributed by atoms with E-state index in [1.165, 1.54) is 5.56 Å². The molecule has 0 amide bonds. The van der Waals surface area contributed by atoms with Crippen LogP contribution in [0.25, 0.3) is 0 Å². The number of aryl methyl sites for hydroxylation is 1. The van der Waals surface area contributed by atoms with Gasteiger partial charge in [0, 0.05) is 6.42 Å². The van der Waals surface area contributed by atoms with Crippen molar-refractivity contribution in [1.82, 2.24) is 0 Å². The molecule has 0 saturated carbocycles. The van der Waals surface area contributed by atoms with Gasteiger partial charge < -0.3 is 9.84 Å². The second-order valence-corrected chi connectivity index (χ2v) is 4.57. The summed E-state index contributed by atoms with van der Waals surface area (Å²) < 4.78 is 5.41. The maximum Gasteiger partial charge on any atom is 0.333 e. The third kappa shape index (κ3) is 3.86. The van der Waals surface area contributed by atoms with Gasteiger partial charge in [-0.1, -0.05) is 18.2 Å². The van der Waals surface area contributed by atoms with Gasteiger partial charge in [-0.05, 0) is 44.4 Å². The molecule has 0 spiro atoms. The number of carboxylic acids is 1. The van der Waals surface area contributed by atoms with Gasteiger partial charge in [-0.15, -0.1) is 0 Å². The van der Waals surface area contributed by atoms with Crippen molar-refractivity contribution in [1.29, 1.82) is 0 Å². The average Bonchev–Trinajstić information content (AvgIpc) is 2.22.